The summed E-state index contributed by atoms with van der Waals surface area (Å²) in [6.45, 7) is 4.25. The Balaban J connectivity index is 1.59. The van der Waals surface area contributed by atoms with Crippen molar-refractivity contribution >= 4 is 5.91 Å². The van der Waals surface area contributed by atoms with E-state index in [9.17, 15) is 9.18 Å². The number of hydrogen-bond donors (Lipinski definition) is 2. The maximum atomic E-state index is 12.9. The van der Waals surface area contributed by atoms with Gasteiger partial charge in [0, 0.05) is 38.1 Å². The number of carbonyl (C=O) groups is 1. The molecule has 0 unspecified atom stereocenters. The predicted octanol–water partition coefficient (Wildman–Crippen LogP) is 0.462. The van der Waals surface area contributed by atoms with E-state index in [2.05, 4.69) is 20.4 Å². The first-order chi connectivity index (χ1) is 10.2. The quantitative estimate of drug-likeness (QED) is 0.846. The molecule has 2 heterocycles. The standard InChI is InChI=1S/C15H19FN4O/c16-13-3-1-12(2-4-13)8-20-11-17-7-14(20)9-19-6-5-18-15(21)10-19/h1-4,7,17H,5-6,8-11H2,(H,18,21). The average molecular weight is 290 g/mol. The van der Waals surface area contributed by atoms with Crippen LogP contribution >= 0.6 is 0 Å². The molecule has 0 aromatic heterocycles. The topological polar surface area (TPSA) is 47.6 Å². The van der Waals surface area contributed by atoms with Crippen LogP contribution < -0.4 is 10.6 Å². The second kappa shape index (κ2) is 6.13. The van der Waals surface area contributed by atoms with Crippen LogP contribution in [0.4, 0.5) is 4.39 Å². The Morgan fingerprint density at radius 3 is 2.76 bits per heavy atom. The Bertz CT molecular complexity index is 543. The molecule has 21 heavy (non-hydrogen) atoms. The van der Waals surface area contributed by atoms with Crippen LogP contribution in [-0.2, 0) is 11.3 Å². The smallest absolute Gasteiger partial charge is 0.234 e. The van der Waals surface area contributed by atoms with Gasteiger partial charge in [0.25, 0.3) is 0 Å². The van der Waals surface area contributed by atoms with E-state index in [0.717, 1.165) is 37.6 Å². The normalized spacial score (nSPS) is 19.2. The van der Waals surface area contributed by atoms with Gasteiger partial charge in [0.05, 0.1) is 13.2 Å². The number of benzene rings is 1. The molecule has 1 saturated heterocycles. The number of amides is 1. The number of nitrogens with one attached hydrogen (secondary N) is 2. The van der Waals surface area contributed by atoms with Gasteiger partial charge < -0.3 is 15.5 Å². The Hall–Kier alpha value is -2.08. The maximum Gasteiger partial charge on any atom is 0.234 e. The van der Waals surface area contributed by atoms with Crippen LogP contribution in [0.3, 0.4) is 0 Å². The lowest BCUT2D eigenvalue weighted by Gasteiger charge is -2.30. The van der Waals surface area contributed by atoms with Gasteiger partial charge in [-0.2, -0.15) is 0 Å². The van der Waals surface area contributed by atoms with Crippen LogP contribution in [0.5, 0.6) is 0 Å². The third-order valence-electron chi connectivity index (χ3n) is 3.75. The van der Waals surface area contributed by atoms with Crippen molar-refractivity contribution in [3.05, 3.63) is 47.5 Å². The summed E-state index contributed by atoms with van der Waals surface area (Å²) in [6.07, 6.45) is 2.00. The molecule has 2 N–H and O–H groups in total. The van der Waals surface area contributed by atoms with Crippen molar-refractivity contribution in [1.29, 1.82) is 0 Å². The number of nitrogens with zero attached hydrogens (tertiary/aromatic N) is 2. The van der Waals surface area contributed by atoms with E-state index in [1.165, 1.54) is 12.1 Å². The summed E-state index contributed by atoms with van der Waals surface area (Å²) in [7, 11) is 0. The van der Waals surface area contributed by atoms with E-state index in [-0.39, 0.29) is 11.7 Å². The van der Waals surface area contributed by atoms with E-state index in [1.54, 1.807) is 12.1 Å². The summed E-state index contributed by atoms with van der Waals surface area (Å²) in [5, 5.41) is 6.05. The zero-order chi connectivity index (χ0) is 14.7. The van der Waals surface area contributed by atoms with Crippen LogP contribution in [0.2, 0.25) is 0 Å². The highest BCUT2D eigenvalue weighted by Crippen LogP contribution is 2.15. The number of rotatable bonds is 4. The van der Waals surface area contributed by atoms with Gasteiger partial charge in [-0.3, -0.25) is 9.69 Å². The second-order valence-electron chi connectivity index (χ2n) is 5.38. The second-order valence-corrected chi connectivity index (χ2v) is 5.38. The summed E-state index contributed by atoms with van der Waals surface area (Å²) in [5.74, 6) is -0.133. The fourth-order valence-electron chi connectivity index (χ4n) is 2.64. The highest BCUT2D eigenvalue weighted by Gasteiger charge is 2.21. The van der Waals surface area contributed by atoms with Gasteiger partial charge in [0.15, 0.2) is 0 Å². The largest absolute Gasteiger partial charge is 0.372 e. The first-order valence-electron chi connectivity index (χ1n) is 7.11. The van der Waals surface area contributed by atoms with E-state index in [4.69, 9.17) is 0 Å². The van der Waals surface area contributed by atoms with Crippen molar-refractivity contribution in [3.63, 3.8) is 0 Å². The molecular formula is C15H19FN4O. The minimum absolute atomic E-state index is 0.0814. The number of hydrogen-bond acceptors (Lipinski definition) is 4. The SMILES string of the molecule is O=C1CN(CC2=CNCN2Cc2ccc(F)cc2)CCN1. The van der Waals surface area contributed by atoms with Crippen molar-refractivity contribution in [1.82, 2.24) is 20.4 Å². The van der Waals surface area contributed by atoms with Crippen molar-refractivity contribution < 1.29 is 9.18 Å². The summed E-state index contributed by atoms with van der Waals surface area (Å²) < 4.78 is 12.9. The van der Waals surface area contributed by atoms with Gasteiger partial charge in [-0.05, 0) is 17.7 Å². The monoisotopic (exact) mass is 290 g/mol. The molecule has 0 saturated carbocycles. The summed E-state index contributed by atoms with van der Waals surface area (Å²) >= 11 is 0. The fraction of sp³-hybridized carbons (Fsp3) is 0.400. The Morgan fingerprint density at radius 2 is 2.00 bits per heavy atom. The highest BCUT2D eigenvalue weighted by atomic mass is 19.1. The van der Waals surface area contributed by atoms with Gasteiger partial charge >= 0.3 is 0 Å². The summed E-state index contributed by atoms with van der Waals surface area (Å²) in [4.78, 5) is 15.8. The molecule has 0 aliphatic carbocycles. The molecule has 3 rings (SSSR count). The zero-order valence-corrected chi connectivity index (χ0v) is 11.8. The maximum absolute atomic E-state index is 12.9. The first kappa shape index (κ1) is 13.9. The van der Waals surface area contributed by atoms with Crippen molar-refractivity contribution in [2.24, 2.45) is 0 Å². The molecule has 2 aliphatic rings. The van der Waals surface area contributed by atoms with Crippen LogP contribution in [0.25, 0.3) is 0 Å². The van der Waals surface area contributed by atoms with Crippen molar-refractivity contribution in [2.45, 2.75) is 6.54 Å². The molecule has 0 bridgehead atoms. The van der Waals surface area contributed by atoms with Gasteiger partial charge in [-0.15, -0.1) is 0 Å². The third-order valence-corrected chi connectivity index (χ3v) is 3.75. The molecule has 2 aliphatic heterocycles. The molecule has 0 spiro atoms. The number of carbonyl (C=O) groups excluding carboxylic acids is 1. The van der Waals surface area contributed by atoms with Crippen LogP contribution in [0.1, 0.15) is 5.56 Å². The van der Waals surface area contributed by atoms with E-state index in [0.29, 0.717) is 13.1 Å². The minimum Gasteiger partial charge on any atom is -0.372 e. The van der Waals surface area contributed by atoms with Gasteiger partial charge in [0.1, 0.15) is 5.82 Å². The lowest BCUT2D eigenvalue weighted by Crippen LogP contribution is -2.48. The van der Waals surface area contributed by atoms with Crippen LogP contribution in [0.15, 0.2) is 36.2 Å². The molecule has 5 nitrogen and oxygen atoms in total. The molecular weight excluding hydrogens is 271 g/mol. The van der Waals surface area contributed by atoms with Crippen LogP contribution in [0, 0.1) is 5.82 Å². The number of halogens is 1. The van der Waals surface area contributed by atoms with Gasteiger partial charge in [-0.1, -0.05) is 12.1 Å². The van der Waals surface area contributed by atoms with Crippen LogP contribution in [-0.4, -0.2) is 48.6 Å². The summed E-state index contributed by atoms with van der Waals surface area (Å²) in [5.41, 5.74) is 2.23. The van der Waals surface area contributed by atoms with E-state index in [1.807, 2.05) is 6.20 Å². The molecule has 1 fully saturated rings. The Labute approximate surface area is 123 Å². The Kier molecular flexibility index (Phi) is 4.06. The molecule has 0 atom stereocenters. The third kappa shape index (κ3) is 3.52. The molecule has 1 amide bonds. The number of piperazine rings is 1. The molecule has 112 valence electrons. The highest BCUT2D eigenvalue weighted by molar-refractivity contribution is 5.78. The average Bonchev–Trinajstić information content (AvgIpc) is 2.89. The molecule has 1 aromatic carbocycles. The zero-order valence-electron chi connectivity index (χ0n) is 11.8. The van der Waals surface area contributed by atoms with Crippen molar-refractivity contribution in [3.8, 4) is 0 Å². The minimum atomic E-state index is -0.214. The van der Waals surface area contributed by atoms with Gasteiger partial charge in [-0.25, -0.2) is 4.39 Å². The van der Waals surface area contributed by atoms with E-state index >= 15 is 0 Å². The van der Waals surface area contributed by atoms with E-state index < -0.39 is 0 Å². The summed E-state index contributed by atoms with van der Waals surface area (Å²) in [6, 6.07) is 6.58. The Morgan fingerprint density at radius 1 is 1.19 bits per heavy atom. The van der Waals surface area contributed by atoms with Crippen molar-refractivity contribution in [2.75, 3.05) is 32.8 Å². The fourth-order valence-corrected chi connectivity index (χ4v) is 2.64. The molecule has 1 aromatic rings. The lowest BCUT2D eigenvalue weighted by molar-refractivity contribution is -0.123. The lowest BCUT2D eigenvalue weighted by atomic mass is 10.2. The molecule has 0 radical (unpaired) electrons. The predicted molar refractivity (Wildman–Crippen MR) is 77.5 cm³/mol. The van der Waals surface area contributed by atoms with Gasteiger partial charge in [0.2, 0.25) is 5.91 Å². The first-order valence-corrected chi connectivity index (χ1v) is 7.11. The molecule has 6 heteroatoms.